The zero-order valence-electron chi connectivity index (χ0n) is 9.12. The Labute approximate surface area is 89.6 Å². The molecular formula is C11H17NO3. The second kappa shape index (κ2) is 5.46. The Bertz CT molecular complexity index is 326. The molecule has 4 heteroatoms. The smallest absolute Gasteiger partial charge is 0.164 e. The van der Waals surface area contributed by atoms with E-state index in [1.165, 1.54) is 7.11 Å². The van der Waals surface area contributed by atoms with Gasteiger partial charge in [-0.25, -0.2) is 0 Å². The van der Waals surface area contributed by atoms with Crippen LogP contribution in [-0.4, -0.2) is 25.9 Å². The van der Waals surface area contributed by atoms with Crippen LogP contribution in [0.4, 0.5) is 0 Å². The largest absolute Gasteiger partial charge is 0.504 e. The molecule has 0 bridgehead atoms. The lowest BCUT2D eigenvalue weighted by Crippen LogP contribution is -2.01. The van der Waals surface area contributed by atoms with Crippen LogP contribution in [0.15, 0.2) is 12.1 Å². The van der Waals surface area contributed by atoms with Gasteiger partial charge in [-0.3, -0.25) is 0 Å². The number of rotatable bonds is 5. The van der Waals surface area contributed by atoms with E-state index < -0.39 is 0 Å². The highest BCUT2D eigenvalue weighted by molar-refractivity contribution is 5.50. The molecule has 0 radical (unpaired) electrons. The summed E-state index contributed by atoms with van der Waals surface area (Å²) in [6, 6.07) is 3.45. The van der Waals surface area contributed by atoms with Gasteiger partial charge in [-0.15, -0.1) is 0 Å². The molecular weight excluding hydrogens is 194 g/mol. The van der Waals surface area contributed by atoms with Crippen molar-refractivity contribution >= 4 is 0 Å². The van der Waals surface area contributed by atoms with E-state index in [4.69, 9.17) is 15.2 Å². The van der Waals surface area contributed by atoms with Crippen molar-refractivity contribution in [2.75, 3.05) is 20.8 Å². The van der Waals surface area contributed by atoms with Crippen molar-refractivity contribution in [1.82, 2.24) is 0 Å². The molecule has 3 N–H and O–H groups in total. The van der Waals surface area contributed by atoms with E-state index in [-0.39, 0.29) is 5.75 Å². The molecule has 0 saturated heterocycles. The maximum Gasteiger partial charge on any atom is 0.164 e. The quantitative estimate of drug-likeness (QED) is 0.770. The van der Waals surface area contributed by atoms with Crippen molar-refractivity contribution < 1.29 is 14.6 Å². The first-order valence-corrected chi connectivity index (χ1v) is 4.86. The van der Waals surface area contributed by atoms with E-state index in [1.807, 2.05) is 0 Å². The summed E-state index contributed by atoms with van der Waals surface area (Å²) in [7, 11) is 3.10. The Hall–Kier alpha value is -1.42. The minimum Gasteiger partial charge on any atom is -0.504 e. The average Bonchev–Trinajstić information content (AvgIpc) is 2.27. The van der Waals surface area contributed by atoms with Gasteiger partial charge in [-0.05, 0) is 25.5 Å². The van der Waals surface area contributed by atoms with Gasteiger partial charge in [0.15, 0.2) is 11.5 Å². The van der Waals surface area contributed by atoms with Crippen LogP contribution in [0.2, 0.25) is 0 Å². The summed E-state index contributed by atoms with van der Waals surface area (Å²) in [4.78, 5) is 0. The molecule has 1 aromatic rings. The predicted octanol–water partition coefficient (Wildman–Crippen LogP) is 1.30. The SMILES string of the molecule is COc1cc(CCCN)c(O)c(OC)c1. The van der Waals surface area contributed by atoms with Crippen molar-refractivity contribution in [3.63, 3.8) is 0 Å². The zero-order valence-corrected chi connectivity index (χ0v) is 9.12. The highest BCUT2D eigenvalue weighted by atomic mass is 16.5. The molecule has 1 rings (SSSR count). The van der Waals surface area contributed by atoms with Gasteiger partial charge in [-0.2, -0.15) is 0 Å². The number of aryl methyl sites for hydroxylation is 1. The molecule has 84 valence electrons. The highest BCUT2D eigenvalue weighted by Crippen LogP contribution is 2.35. The van der Waals surface area contributed by atoms with Gasteiger partial charge in [0.25, 0.3) is 0 Å². The van der Waals surface area contributed by atoms with E-state index in [9.17, 15) is 5.11 Å². The normalized spacial score (nSPS) is 10.1. The second-order valence-electron chi connectivity index (χ2n) is 3.23. The third kappa shape index (κ3) is 2.76. The number of phenolic OH excluding ortho intramolecular Hbond substituents is 1. The number of methoxy groups -OCH3 is 2. The van der Waals surface area contributed by atoms with Crippen LogP contribution >= 0.6 is 0 Å². The first kappa shape index (κ1) is 11.7. The number of aromatic hydroxyl groups is 1. The third-order valence-electron chi connectivity index (χ3n) is 2.23. The summed E-state index contributed by atoms with van der Waals surface area (Å²) >= 11 is 0. The Morgan fingerprint density at radius 2 is 2.00 bits per heavy atom. The summed E-state index contributed by atoms with van der Waals surface area (Å²) < 4.78 is 10.2. The lowest BCUT2D eigenvalue weighted by molar-refractivity contribution is 0.361. The van der Waals surface area contributed by atoms with E-state index in [2.05, 4.69) is 0 Å². The predicted molar refractivity (Wildman–Crippen MR) is 58.6 cm³/mol. The van der Waals surface area contributed by atoms with Gasteiger partial charge in [0.05, 0.1) is 14.2 Å². The minimum absolute atomic E-state index is 0.173. The molecule has 0 fully saturated rings. The van der Waals surface area contributed by atoms with E-state index >= 15 is 0 Å². The zero-order chi connectivity index (χ0) is 11.3. The van der Waals surface area contributed by atoms with Crippen LogP contribution in [-0.2, 0) is 6.42 Å². The van der Waals surface area contributed by atoms with Gasteiger partial charge >= 0.3 is 0 Å². The highest BCUT2D eigenvalue weighted by Gasteiger charge is 2.10. The van der Waals surface area contributed by atoms with Crippen LogP contribution < -0.4 is 15.2 Å². The topological polar surface area (TPSA) is 64.7 Å². The molecule has 0 aliphatic carbocycles. The summed E-state index contributed by atoms with van der Waals surface area (Å²) in [6.45, 7) is 0.596. The lowest BCUT2D eigenvalue weighted by Gasteiger charge is -2.11. The molecule has 0 aliphatic rings. The Kier molecular flexibility index (Phi) is 4.24. The fourth-order valence-electron chi connectivity index (χ4n) is 1.39. The number of benzene rings is 1. The lowest BCUT2D eigenvalue weighted by atomic mass is 10.1. The summed E-state index contributed by atoms with van der Waals surface area (Å²) in [5.74, 6) is 1.28. The maximum atomic E-state index is 9.81. The summed E-state index contributed by atoms with van der Waals surface area (Å²) in [5.41, 5.74) is 6.23. The number of hydrogen-bond donors (Lipinski definition) is 2. The Morgan fingerprint density at radius 1 is 1.27 bits per heavy atom. The van der Waals surface area contributed by atoms with E-state index in [0.29, 0.717) is 18.0 Å². The Balaban J connectivity index is 3.01. The molecule has 15 heavy (non-hydrogen) atoms. The molecule has 0 heterocycles. The number of phenols is 1. The maximum absolute atomic E-state index is 9.81. The molecule has 1 aromatic carbocycles. The molecule has 0 spiro atoms. The fourth-order valence-corrected chi connectivity index (χ4v) is 1.39. The summed E-state index contributed by atoms with van der Waals surface area (Å²) in [6.07, 6.45) is 1.54. The van der Waals surface area contributed by atoms with Gasteiger partial charge in [0, 0.05) is 11.6 Å². The van der Waals surface area contributed by atoms with Gasteiger partial charge in [0.2, 0.25) is 0 Å². The van der Waals surface area contributed by atoms with Gasteiger partial charge < -0.3 is 20.3 Å². The fraction of sp³-hybridized carbons (Fsp3) is 0.455. The molecule has 0 aromatic heterocycles. The molecule has 0 amide bonds. The molecule has 0 saturated carbocycles. The van der Waals surface area contributed by atoms with Gasteiger partial charge in [0.1, 0.15) is 5.75 Å². The summed E-state index contributed by atoms with van der Waals surface area (Å²) in [5, 5.41) is 9.81. The van der Waals surface area contributed by atoms with Crippen molar-refractivity contribution in [2.24, 2.45) is 5.73 Å². The Morgan fingerprint density at radius 3 is 2.53 bits per heavy atom. The van der Waals surface area contributed by atoms with Gasteiger partial charge in [-0.1, -0.05) is 0 Å². The number of ether oxygens (including phenoxy) is 2. The number of nitrogens with two attached hydrogens (primary N) is 1. The standard InChI is InChI=1S/C11H17NO3/c1-14-9-6-8(4-3-5-12)11(13)10(7-9)15-2/h6-7,13H,3-5,12H2,1-2H3. The third-order valence-corrected chi connectivity index (χ3v) is 2.23. The van der Waals surface area contributed by atoms with E-state index in [1.54, 1.807) is 19.2 Å². The first-order chi connectivity index (χ1) is 7.22. The minimum atomic E-state index is 0.173. The first-order valence-electron chi connectivity index (χ1n) is 4.86. The van der Waals surface area contributed by atoms with Crippen LogP contribution in [0.5, 0.6) is 17.2 Å². The van der Waals surface area contributed by atoms with Crippen molar-refractivity contribution in [1.29, 1.82) is 0 Å². The van der Waals surface area contributed by atoms with Crippen molar-refractivity contribution in [3.8, 4) is 17.2 Å². The molecule has 4 nitrogen and oxygen atoms in total. The van der Waals surface area contributed by atoms with Crippen LogP contribution in [0.3, 0.4) is 0 Å². The van der Waals surface area contributed by atoms with E-state index in [0.717, 1.165) is 18.4 Å². The molecule has 0 atom stereocenters. The van der Waals surface area contributed by atoms with Crippen LogP contribution in [0, 0.1) is 0 Å². The van der Waals surface area contributed by atoms with Crippen LogP contribution in [0.25, 0.3) is 0 Å². The van der Waals surface area contributed by atoms with Crippen molar-refractivity contribution in [2.45, 2.75) is 12.8 Å². The average molecular weight is 211 g/mol. The molecule has 0 aliphatic heterocycles. The molecule has 0 unspecified atom stereocenters. The number of hydrogen-bond acceptors (Lipinski definition) is 4. The van der Waals surface area contributed by atoms with Crippen LogP contribution in [0.1, 0.15) is 12.0 Å². The monoisotopic (exact) mass is 211 g/mol. The van der Waals surface area contributed by atoms with Crippen molar-refractivity contribution in [3.05, 3.63) is 17.7 Å². The second-order valence-corrected chi connectivity index (χ2v) is 3.23.